The molecule has 66 heavy (non-hydrogen) atoms. The second-order valence-corrected chi connectivity index (χ2v) is 18.4. The standard InChI is InChI=1S/C64H48N2/c1-66-35-13-11-29-62(66)50-39-48(38-49(40-50)61-28-10-12-34-65-61)52-21-5-4-20-51(52)46-18-14-19-47(37-46)53-24-15-27-60-63(53)55-23-7-9-26-58(55)64(60)57-25-8-6-22-54(57)56-41-45(32-33-59(56)64)44-31-30-42-16-2-3-17-43(42)36-44/h2-31,34-41,61-62,65H,32-33H2,1H3. The summed E-state index contributed by atoms with van der Waals surface area (Å²) in [5.41, 5.74) is 23.5. The van der Waals surface area contributed by atoms with Crippen LogP contribution in [0.25, 0.3) is 66.4 Å². The van der Waals surface area contributed by atoms with Crippen molar-refractivity contribution < 1.29 is 0 Å². The molecule has 3 unspecified atom stereocenters. The Bertz CT molecular complexity index is 3500. The quantitative estimate of drug-likeness (QED) is 0.179. The van der Waals surface area contributed by atoms with Gasteiger partial charge in [0.2, 0.25) is 0 Å². The largest absolute Gasteiger partial charge is 0.381 e. The van der Waals surface area contributed by atoms with E-state index in [0.717, 1.165) is 12.8 Å². The Hall–Kier alpha value is -7.94. The minimum absolute atomic E-state index is 0.0962. The minimum Gasteiger partial charge on any atom is -0.381 e. The number of nitrogens with one attached hydrogen (secondary N) is 1. The molecule has 3 atom stereocenters. The van der Waals surface area contributed by atoms with Crippen LogP contribution in [0.3, 0.4) is 0 Å². The van der Waals surface area contributed by atoms with Gasteiger partial charge < -0.3 is 10.2 Å². The second-order valence-electron chi connectivity index (χ2n) is 18.4. The zero-order valence-electron chi connectivity index (χ0n) is 37.0. The number of hydrogen-bond acceptors (Lipinski definition) is 2. The lowest BCUT2D eigenvalue weighted by atomic mass is 9.67. The normalized spacial score (nSPS) is 19.7. The highest BCUT2D eigenvalue weighted by molar-refractivity contribution is 6.03. The molecule has 0 fully saturated rings. The lowest BCUT2D eigenvalue weighted by Gasteiger charge is -2.34. The first-order valence-corrected chi connectivity index (χ1v) is 23.4. The Morgan fingerprint density at radius 2 is 1.15 bits per heavy atom. The van der Waals surface area contributed by atoms with Crippen LogP contribution in [0.15, 0.2) is 236 Å². The van der Waals surface area contributed by atoms with E-state index >= 15 is 0 Å². The lowest BCUT2D eigenvalue weighted by molar-refractivity contribution is 0.389. The summed E-state index contributed by atoms with van der Waals surface area (Å²) in [5.74, 6) is 0. The summed E-state index contributed by atoms with van der Waals surface area (Å²) in [6.07, 6.45) is 21.7. The Kier molecular flexibility index (Phi) is 8.96. The van der Waals surface area contributed by atoms with Gasteiger partial charge >= 0.3 is 0 Å². The third kappa shape index (κ3) is 5.95. The van der Waals surface area contributed by atoms with Crippen molar-refractivity contribution in [2.24, 2.45) is 0 Å². The Labute approximate surface area is 387 Å². The van der Waals surface area contributed by atoms with Crippen LogP contribution in [0, 0.1) is 0 Å². The summed E-state index contributed by atoms with van der Waals surface area (Å²) in [4.78, 5) is 2.29. The van der Waals surface area contributed by atoms with E-state index in [1.54, 1.807) is 0 Å². The molecule has 0 saturated heterocycles. The minimum atomic E-state index is -0.359. The second kappa shape index (κ2) is 15.4. The van der Waals surface area contributed by atoms with Gasteiger partial charge in [0.1, 0.15) is 0 Å². The van der Waals surface area contributed by atoms with Gasteiger partial charge in [-0.05, 0) is 173 Å². The van der Waals surface area contributed by atoms with Crippen LogP contribution < -0.4 is 5.32 Å². The molecule has 0 aromatic heterocycles. The van der Waals surface area contributed by atoms with Gasteiger partial charge in [-0.3, -0.25) is 0 Å². The van der Waals surface area contributed by atoms with Crippen molar-refractivity contribution in [3.05, 3.63) is 275 Å². The van der Waals surface area contributed by atoms with Gasteiger partial charge in [0.25, 0.3) is 0 Å². The van der Waals surface area contributed by atoms with Crippen molar-refractivity contribution in [3.8, 4) is 44.5 Å². The lowest BCUT2D eigenvalue weighted by Crippen LogP contribution is -2.28. The van der Waals surface area contributed by atoms with E-state index in [9.17, 15) is 0 Å². The zero-order valence-corrected chi connectivity index (χ0v) is 37.0. The summed E-state index contributed by atoms with van der Waals surface area (Å²) < 4.78 is 0. The van der Waals surface area contributed by atoms with E-state index in [4.69, 9.17) is 0 Å². The maximum atomic E-state index is 3.59. The third-order valence-corrected chi connectivity index (χ3v) is 14.9. The van der Waals surface area contributed by atoms with Crippen LogP contribution in [-0.2, 0) is 5.41 Å². The van der Waals surface area contributed by atoms with Crippen LogP contribution in [0.1, 0.15) is 63.9 Å². The molecule has 8 aromatic rings. The number of dihydropyridines is 1. The van der Waals surface area contributed by atoms with Crippen LogP contribution in [0.5, 0.6) is 0 Å². The molecule has 1 N–H and O–H groups in total. The molecular weight excluding hydrogens is 797 g/mol. The molecule has 2 aliphatic heterocycles. The average molecular weight is 845 g/mol. The average Bonchev–Trinajstić information content (AvgIpc) is 3.86. The van der Waals surface area contributed by atoms with Crippen LogP contribution in [-0.4, -0.2) is 11.9 Å². The van der Waals surface area contributed by atoms with Crippen LogP contribution in [0.4, 0.5) is 0 Å². The third-order valence-electron chi connectivity index (χ3n) is 14.9. The van der Waals surface area contributed by atoms with E-state index in [0.29, 0.717) is 0 Å². The van der Waals surface area contributed by atoms with E-state index < -0.39 is 0 Å². The first kappa shape index (κ1) is 38.5. The number of rotatable bonds is 6. The van der Waals surface area contributed by atoms with Crippen LogP contribution in [0.2, 0.25) is 0 Å². The van der Waals surface area contributed by atoms with Gasteiger partial charge in [-0.1, -0.05) is 182 Å². The van der Waals surface area contributed by atoms with Crippen molar-refractivity contribution in [2.45, 2.75) is 30.3 Å². The molecule has 2 heteroatoms. The summed E-state index contributed by atoms with van der Waals surface area (Å²) >= 11 is 0. The summed E-state index contributed by atoms with van der Waals surface area (Å²) in [6, 6.07) is 66.9. The van der Waals surface area contributed by atoms with Gasteiger partial charge in [-0.25, -0.2) is 0 Å². The van der Waals surface area contributed by atoms with Crippen molar-refractivity contribution in [1.82, 2.24) is 10.2 Å². The summed E-state index contributed by atoms with van der Waals surface area (Å²) in [5, 5.41) is 6.17. The van der Waals surface area contributed by atoms with Crippen molar-refractivity contribution >= 4 is 21.9 Å². The fourth-order valence-electron chi connectivity index (χ4n) is 12.0. The van der Waals surface area contributed by atoms with Crippen molar-refractivity contribution in [3.63, 3.8) is 0 Å². The molecule has 8 aromatic carbocycles. The molecule has 5 aliphatic rings. The summed E-state index contributed by atoms with van der Waals surface area (Å²) in [7, 11) is 2.16. The predicted octanol–water partition coefficient (Wildman–Crippen LogP) is 15.6. The maximum absolute atomic E-state index is 3.59. The summed E-state index contributed by atoms with van der Waals surface area (Å²) in [6.45, 7) is 0. The topological polar surface area (TPSA) is 15.3 Å². The van der Waals surface area contributed by atoms with E-state index in [1.165, 1.54) is 111 Å². The van der Waals surface area contributed by atoms with Gasteiger partial charge in [-0.2, -0.15) is 0 Å². The molecule has 314 valence electrons. The predicted molar refractivity (Wildman–Crippen MR) is 276 cm³/mol. The molecule has 2 nitrogen and oxygen atoms in total. The number of nitrogens with zero attached hydrogens (tertiary/aromatic N) is 1. The van der Waals surface area contributed by atoms with E-state index in [1.807, 2.05) is 6.20 Å². The van der Waals surface area contributed by atoms with Gasteiger partial charge in [0, 0.05) is 7.05 Å². The molecule has 0 radical (unpaired) electrons. The van der Waals surface area contributed by atoms with Crippen molar-refractivity contribution in [2.75, 3.05) is 7.05 Å². The highest BCUT2D eigenvalue weighted by atomic mass is 15.1. The molecule has 1 spiro atoms. The number of hydrogen-bond donors (Lipinski definition) is 1. The zero-order chi connectivity index (χ0) is 43.8. The molecule has 3 aliphatic carbocycles. The fourth-order valence-corrected chi connectivity index (χ4v) is 12.0. The number of benzene rings is 8. The monoisotopic (exact) mass is 844 g/mol. The molecule has 0 saturated carbocycles. The maximum Gasteiger partial charge on any atom is 0.0721 e. The molecule has 0 amide bonds. The van der Waals surface area contributed by atoms with E-state index in [2.05, 4.69) is 242 Å². The van der Waals surface area contributed by atoms with E-state index in [-0.39, 0.29) is 17.5 Å². The molecule has 2 heterocycles. The number of allylic oxidation sites excluding steroid dienone is 8. The number of fused-ring (bicyclic) bond motifs is 10. The Morgan fingerprint density at radius 1 is 0.485 bits per heavy atom. The number of likely N-dealkylation sites (N-methyl/N-ethyl adjacent to an activating group) is 1. The van der Waals surface area contributed by atoms with Crippen molar-refractivity contribution in [1.29, 1.82) is 0 Å². The smallest absolute Gasteiger partial charge is 0.0721 e. The van der Waals surface area contributed by atoms with Crippen LogP contribution >= 0.6 is 0 Å². The molecule has 13 rings (SSSR count). The SMILES string of the molecule is CN1C=CC=CC1c1cc(-c2ccccc2-c2cccc(-c3cccc4c3-c3ccccc3C43C4=C(C=C(c5ccc6ccccc6c5)CC4)c4ccccc43)c2)cc(C2C=CC=CN2)c1. The van der Waals surface area contributed by atoms with Gasteiger partial charge in [0.05, 0.1) is 17.5 Å². The Morgan fingerprint density at radius 3 is 1.97 bits per heavy atom. The van der Waals surface area contributed by atoms with Gasteiger partial charge in [-0.15, -0.1) is 0 Å². The first-order chi connectivity index (χ1) is 32.6. The highest BCUT2D eigenvalue weighted by Crippen LogP contribution is 2.65. The Balaban J connectivity index is 0.948. The molecule has 0 bridgehead atoms. The highest BCUT2D eigenvalue weighted by Gasteiger charge is 2.53. The van der Waals surface area contributed by atoms with Gasteiger partial charge in [0.15, 0.2) is 0 Å². The fraction of sp³-hybridized carbons (Fsp3) is 0.0938. The molecular formula is C64H48N2. The first-order valence-electron chi connectivity index (χ1n) is 23.4.